The molecule has 0 atom stereocenters. The van der Waals surface area contributed by atoms with E-state index in [1.54, 1.807) is 6.07 Å². The molecule has 4 heteroatoms. The molecule has 0 saturated heterocycles. The van der Waals surface area contributed by atoms with Gasteiger partial charge in [0.1, 0.15) is 4.60 Å². The molecule has 42 valence electrons. The minimum atomic E-state index is 0.590. The molecular formula is C4H2BrClN2. The molecule has 0 fully saturated rings. The first-order chi connectivity index (χ1) is 3.79. The van der Waals surface area contributed by atoms with Crippen molar-refractivity contribution in [2.75, 3.05) is 0 Å². The van der Waals surface area contributed by atoms with Crippen LogP contribution in [0, 0.1) is 0 Å². The Morgan fingerprint density at radius 3 is 2.75 bits per heavy atom. The van der Waals surface area contributed by atoms with Gasteiger partial charge >= 0.3 is 0 Å². The molecule has 0 N–H and O–H groups in total. The van der Waals surface area contributed by atoms with Crippen LogP contribution in [-0.2, 0) is 0 Å². The number of hydrogen-bond donors (Lipinski definition) is 0. The molecule has 0 aliphatic heterocycles. The second-order valence-corrected chi connectivity index (χ2v) is 2.45. The summed E-state index contributed by atoms with van der Waals surface area (Å²) < 4.78 is 0.657. The molecule has 1 rings (SSSR count). The monoisotopic (exact) mass is 192 g/mol. The molecule has 8 heavy (non-hydrogen) atoms. The van der Waals surface area contributed by atoms with Crippen LogP contribution in [0.2, 0.25) is 5.02 Å². The summed E-state index contributed by atoms with van der Waals surface area (Å²) in [5.74, 6) is 0. The first-order valence-corrected chi connectivity index (χ1v) is 3.10. The third-order valence-corrected chi connectivity index (χ3v) is 1.19. The Labute approximate surface area is 60.0 Å². The van der Waals surface area contributed by atoms with Crippen molar-refractivity contribution in [2.24, 2.45) is 0 Å². The van der Waals surface area contributed by atoms with Crippen molar-refractivity contribution in [3.05, 3.63) is 21.9 Å². The van der Waals surface area contributed by atoms with Crippen molar-refractivity contribution in [1.82, 2.24) is 10.2 Å². The lowest BCUT2D eigenvalue weighted by atomic mass is 10.6. The Morgan fingerprint density at radius 2 is 2.38 bits per heavy atom. The quantitative estimate of drug-likeness (QED) is 0.629. The Balaban J connectivity index is 3.08. The zero-order valence-corrected chi connectivity index (χ0v) is 6.15. The van der Waals surface area contributed by atoms with Gasteiger partial charge in [-0.05, 0) is 22.0 Å². The zero-order chi connectivity index (χ0) is 5.98. The van der Waals surface area contributed by atoms with E-state index < -0.39 is 0 Å². The molecule has 0 aliphatic rings. The second-order valence-electron chi connectivity index (χ2n) is 1.20. The fourth-order valence-corrected chi connectivity index (χ4v) is 0.936. The van der Waals surface area contributed by atoms with E-state index >= 15 is 0 Å². The number of hydrogen-bond acceptors (Lipinski definition) is 2. The Kier molecular flexibility index (Phi) is 1.81. The molecule has 0 aromatic carbocycles. The molecule has 0 aliphatic carbocycles. The number of aromatic nitrogens is 2. The average molecular weight is 193 g/mol. The van der Waals surface area contributed by atoms with Crippen LogP contribution >= 0.6 is 27.5 Å². The van der Waals surface area contributed by atoms with Gasteiger partial charge in [-0.2, -0.15) is 5.10 Å². The van der Waals surface area contributed by atoms with E-state index in [-0.39, 0.29) is 0 Å². The van der Waals surface area contributed by atoms with Crippen LogP contribution in [-0.4, -0.2) is 10.2 Å². The standard InChI is InChI=1S/C4H2BrClN2/c5-4-1-3(6)2-7-8-4/h1-2H. The molecule has 0 spiro atoms. The summed E-state index contributed by atoms with van der Waals surface area (Å²) in [7, 11) is 0. The Morgan fingerprint density at radius 1 is 1.62 bits per heavy atom. The summed E-state index contributed by atoms with van der Waals surface area (Å²) in [5.41, 5.74) is 0. The molecule has 1 aromatic heterocycles. The highest BCUT2D eigenvalue weighted by Gasteiger charge is 1.87. The van der Waals surface area contributed by atoms with Gasteiger partial charge in [0, 0.05) is 0 Å². The van der Waals surface area contributed by atoms with Crippen molar-refractivity contribution >= 4 is 27.5 Å². The highest BCUT2D eigenvalue weighted by atomic mass is 79.9. The van der Waals surface area contributed by atoms with Gasteiger partial charge in [-0.15, -0.1) is 5.10 Å². The molecule has 2 nitrogen and oxygen atoms in total. The van der Waals surface area contributed by atoms with Crippen LogP contribution in [0.25, 0.3) is 0 Å². The van der Waals surface area contributed by atoms with Crippen LogP contribution in [0.4, 0.5) is 0 Å². The second kappa shape index (κ2) is 2.42. The van der Waals surface area contributed by atoms with E-state index in [1.165, 1.54) is 6.20 Å². The molecule has 1 heterocycles. The van der Waals surface area contributed by atoms with E-state index in [0.29, 0.717) is 9.63 Å². The van der Waals surface area contributed by atoms with Gasteiger partial charge in [0.15, 0.2) is 0 Å². The van der Waals surface area contributed by atoms with Gasteiger partial charge in [0.05, 0.1) is 11.2 Å². The van der Waals surface area contributed by atoms with Crippen LogP contribution < -0.4 is 0 Å². The van der Waals surface area contributed by atoms with Crippen LogP contribution in [0.5, 0.6) is 0 Å². The fourth-order valence-electron chi connectivity index (χ4n) is 0.319. The first kappa shape index (κ1) is 5.98. The van der Waals surface area contributed by atoms with Crippen molar-refractivity contribution in [1.29, 1.82) is 0 Å². The number of nitrogens with zero attached hydrogens (tertiary/aromatic N) is 2. The van der Waals surface area contributed by atoms with Crippen molar-refractivity contribution in [3.8, 4) is 0 Å². The summed E-state index contributed by atoms with van der Waals surface area (Å²) >= 11 is 8.62. The van der Waals surface area contributed by atoms with Gasteiger partial charge in [-0.25, -0.2) is 0 Å². The van der Waals surface area contributed by atoms with Crippen molar-refractivity contribution in [3.63, 3.8) is 0 Å². The minimum absolute atomic E-state index is 0.590. The average Bonchev–Trinajstić information content (AvgIpc) is 1.64. The highest BCUT2D eigenvalue weighted by Crippen LogP contribution is 2.09. The molecule has 0 bridgehead atoms. The van der Waals surface area contributed by atoms with Gasteiger partial charge in [-0.1, -0.05) is 11.6 Å². The molecular weight excluding hydrogens is 191 g/mol. The van der Waals surface area contributed by atoms with Crippen LogP contribution in [0.1, 0.15) is 0 Å². The molecule has 0 saturated carbocycles. The number of rotatable bonds is 0. The Bertz CT molecular complexity index is 174. The third kappa shape index (κ3) is 1.42. The Hall–Kier alpha value is -0.150. The SMILES string of the molecule is Clc1cnnc(Br)c1. The maximum absolute atomic E-state index is 5.51. The summed E-state index contributed by atoms with van der Waals surface area (Å²) in [4.78, 5) is 0. The molecule has 1 aromatic rings. The summed E-state index contributed by atoms with van der Waals surface area (Å²) in [6.45, 7) is 0. The lowest BCUT2D eigenvalue weighted by molar-refractivity contribution is 1.01. The number of halogens is 2. The van der Waals surface area contributed by atoms with E-state index in [9.17, 15) is 0 Å². The first-order valence-electron chi connectivity index (χ1n) is 1.93. The lowest BCUT2D eigenvalue weighted by Gasteiger charge is -1.84. The van der Waals surface area contributed by atoms with Gasteiger partial charge < -0.3 is 0 Å². The maximum atomic E-state index is 5.51. The minimum Gasteiger partial charge on any atom is -0.156 e. The summed E-state index contributed by atoms with van der Waals surface area (Å²) in [6.07, 6.45) is 1.48. The van der Waals surface area contributed by atoms with Crippen molar-refractivity contribution in [2.45, 2.75) is 0 Å². The van der Waals surface area contributed by atoms with Crippen LogP contribution in [0.3, 0.4) is 0 Å². The zero-order valence-electron chi connectivity index (χ0n) is 3.81. The lowest BCUT2D eigenvalue weighted by Crippen LogP contribution is -1.78. The normalized spacial score (nSPS) is 9.25. The van der Waals surface area contributed by atoms with E-state index in [0.717, 1.165) is 0 Å². The van der Waals surface area contributed by atoms with E-state index in [1.807, 2.05) is 0 Å². The summed E-state index contributed by atoms with van der Waals surface area (Å²) in [5, 5.41) is 7.77. The van der Waals surface area contributed by atoms with E-state index in [4.69, 9.17) is 11.6 Å². The summed E-state index contributed by atoms with van der Waals surface area (Å²) in [6, 6.07) is 1.68. The smallest absolute Gasteiger partial charge is 0.130 e. The molecule has 0 amide bonds. The van der Waals surface area contributed by atoms with Crippen molar-refractivity contribution < 1.29 is 0 Å². The topological polar surface area (TPSA) is 25.8 Å². The predicted molar refractivity (Wildman–Crippen MR) is 34.7 cm³/mol. The van der Waals surface area contributed by atoms with Gasteiger partial charge in [0.25, 0.3) is 0 Å². The fraction of sp³-hybridized carbons (Fsp3) is 0. The van der Waals surface area contributed by atoms with E-state index in [2.05, 4.69) is 26.1 Å². The third-order valence-electron chi connectivity index (χ3n) is 0.591. The highest BCUT2D eigenvalue weighted by molar-refractivity contribution is 9.10. The van der Waals surface area contributed by atoms with Gasteiger partial charge in [-0.3, -0.25) is 0 Å². The maximum Gasteiger partial charge on any atom is 0.130 e. The van der Waals surface area contributed by atoms with Gasteiger partial charge in [0.2, 0.25) is 0 Å². The molecule has 0 radical (unpaired) electrons. The predicted octanol–water partition coefficient (Wildman–Crippen LogP) is 1.89. The largest absolute Gasteiger partial charge is 0.156 e. The van der Waals surface area contributed by atoms with Crippen LogP contribution in [0.15, 0.2) is 16.9 Å². The molecule has 0 unspecified atom stereocenters.